The lowest BCUT2D eigenvalue weighted by Crippen LogP contribution is -2.46. The highest BCUT2D eigenvalue weighted by atomic mass is 19.1. The van der Waals surface area contributed by atoms with Crippen LogP contribution in [0.5, 0.6) is 0 Å². The molecule has 2 amide bonds. The topological polar surface area (TPSA) is 58.6 Å². The molecular weight excluding hydrogens is 287 g/mol. The van der Waals surface area contributed by atoms with Crippen LogP contribution in [0.1, 0.15) is 23.2 Å². The van der Waals surface area contributed by atoms with Gasteiger partial charge in [-0.1, -0.05) is 12.7 Å². The molecule has 1 heterocycles. The summed E-state index contributed by atoms with van der Waals surface area (Å²) in [5.74, 6) is -0.601. The Morgan fingerprint density at radius 3 is 2.55 bits per heavy atom. The molecule has 1 aromatic carbocycles. The quantitative estimate of drug-likeness (QED) is 0.869. The average molecular weight is 306 g/mol. The Morgan fingerprint density at radius 2 is 1.95 bits per heavy atom. The van der Waals surface area contributed by atoms with Crippen LogP contribution in [-0.4, -0.2) is 42.6 Å². The highest BCUT2D eigenvalue weighted by molar-refractivity contribution is 5.94. The Labute approximate surface area is 128 Å². The maximum Gasteiger partial charge on any atom is 0.410 e. The standard InChI is InChI=1S/C16H19FN2O3/c1-2-11-22-16(21)19-9-7-14(8-10-19)18-15(20)12-3-5-13(17)6-4-12/h2-6,14H,1,7-11H2,(H,18,20). The van der Waals surface area contributed by atoms with Crippen molar-refractivity contribution in [2.24, 2.45) is 0 Å². The van der Waals surface area contributed by atoms with Crippen molar-refractivity contribution in [3.8, 4) is 0 Å². The number of carbonyl (C=O) groups excluding carboxylic acids is 2. The lowest BCUT2D eigenvalue weighted by molar-refractivity contribution is 0.0874. The summed E-state index contributed by atoms with van der Waals surface area (Å²) < 4.78 is 17.8. The van der Waals surface area contributed by atoms with Crippen LogP contribution in [0.4, 0.5) is 9.18 Å². The fourth-order valence-corrected chi connectivity index (χ4v) is 2.30. The first-order valence-electron chi connectivity index (χ1n) is 7.19. The zero-order chi connectivity index (χ0) is 15.9. The summed E-state index contributed by atoms with van der Waals surface area (Å²) in [5, 5.41) is 2.90. The molecule has 118 valence electrons. The van der Waals surface area contributed by atoms with Crippen molar-refractivity contribution in [2.75, 3.05) is 19.7 Å². The first kappa shape index (κ1) is 16.0. The summed E-state index contributed by atoms with van der Waals surface area (Å²) in [6, 6.07) is 5.42. The van der Waals surface area contributed by atoms with Gasteiger partial charge in [0.05, 0.1) is 0 Å². The highest BCUT2D eigenvalue weighted by Crippen LogP contribution is 2.12. The van der Waals surface area contributed by atoms with E-state index >= 15 is 0 Å². The fraction of sp³-hybridized carbons (Fsp3) is 0.375. The third-order valence-corrected chi connectivity index (χ3v) is 3.52. The minimum Gasteiger partial charge on any atom is -0.445 e. The Kier molecular flexibility index (Phi) is 5.52. The van der Waals surface area contributed by atoms with Crippen LogP contribution in [0, 0.1) is 5.82 Å². The van der Waals surface area contributed by atoms with E-state index in [-0.39, 0.29) is 30.5 Å². The van der Waals surface area contributed by atoms with Crippen LogP contribution >= 0.6 is 0 Å². The van der Waals surface area contributed by atoms with E-state index in [0.717, 1.165) is 0 Å². The first-order valence-corrected chi connectivity index (χ1v) is 7.19. The van der Waals surface area contributed by atoms with E-state index in [2.05, 4.69) is 11.9 Å². The highest BCUT2D eigenvalue weighted by Gasteiger charge is 2.24. The second-order valence-electron chi connectivity index (χ2n) is 5.11. The van der Waals surface area contributed by atoms with Gasteiger partial charge in [0.2, 0.25) is 0 Å². The van der Waals surface area contributed by atoms with Gasteiger partial charge in [-0.25, -0.2) is 9.18 Å². The Bertz CT molecular complexity index is 537. The number of nitrogens with one attached hydrogen (secondary N) is 1. The van der Waals surface area contributed by atoms with Gasteiger partial charge >= 0.3 is 6.09 Å². The molecule has 0 aliphatic carbocycles. The Morgan fingerprint density at radius 1 is 1.32 bits per heavy atom. The number of benzene rings is 1. The molecule has 22 heavy (non-hydrogen) atoms. The number of halogens is 1. The van der Waals surface area contributed by atoms with Gasteiger partial charge in [0.15, 0.2) is 0 Å². The van der Waals surface area contributed by atoms with Crippen LogP contribution in [0.15, 0.2) is 36.9 Å². The summed E-state index contributed by atoms with van der Waals surface area (Å²) in [7, 11) is 0. The molecule has 1 aromatic rings. The molecule has 1 fully saturated rings. The zero-order valence-corrected chi connectivity index (χ0v) is 12.3. The molecule has 6 heteroatoms. The van der Waals surface area contributed by atoms with E-state index < -0.39 is 0 Å². The molecule has 2 rings (SSSR count). The molecule has 0 unspecified atom stereocenters. The van der Waals surface area contributed by atoms with Gasteiger partial charge in [0.25, 0.3) is 5.91 Å². The first-order chi connectivity index (χ1) is 10.6. The van der Waals surface area contributed by atoms with Crippen molar-refractivity contribution in [3.63, 3.8) is 0 Å². The molecule has 1 N–H and O–H groups in total. The number of rotatable bonds is 4. The molecule has 0 aromatic heterocycles. The van der Waals surface area contributed by atoms with Gasteiger partial charge in [-0.05, 0) is 37.1 Å². The molecule has 0 atom stereocenters. The molecule has 1 saturated heterocycles. The minimum atomic E-state index is -0.372. The predicted octanol–water partition coefficient (Wildman–Crippen LogP) is 2.34. The summed E-state index contributed by atoms with van der Waals surface area (Å²) in [4.78, 5) is 25.3. The van der Waals surface area contributed by atoms with Gasteiger partial charge in [0.1, 0.15) is 12.4 Å². The summed E-state index contributed by atoms with van der Waals surface area (Å²) in [6.07, 6.45) is 2.49. The van der Waals surface area contributed by atoms with Gasteiger partial charge in [-0.15, -0.1) is 0 Å². The number of hydrogen-bond acceptors (Lipinski definition) is 3. The summed E-state index contributed by atoms with van der Waals surface area (Å²) >= 11 is 0. The van der Waals surface area contributed by atoms with Crippen molar-refractivity contribution in [3.05, 3.63) is 48.3 Å². The number of amides is 2. The SMILES string of the molecule is C=CCOC(=O)N1CCC(NC(=O)c2ccc(F)cc2)CC1. The molecule has 0 bridgehead atoms. The Hall–Kier alpha value is -2.37. The van der Waals surface area contributed by atoms with Crippen LogP contribution < -0.4 is 5.32 Å². The fourth-order valence-electron chi connectivity index (χ4n) is 2.30. The van der Waals surface area contributed by atoms with E-state index in [1.165, 1.54) is 30.3 Å². The van der Waals surface area contributed by atoms with E-state index in [4.69, 9.17) is 4.74 Å². The molecule has 0 spiro atoms. The average Bonchev–Trinajstić information content (AvgIpc) is 2.54. The predicted molar refractivity (Wildman–Crippen MR) is 80.0 cm³/mol. The maximum atomic E-state index is 12.8. The van der Waals surface area contributed by atoms with Crippen molar-refractivity contribution in [1.29, 1.82) is 0 Å². The van der Waals surface area contributed by atoms with Gasteiger partial charge in [-0.2, -0.15) is 0 Å². The van der Waals surface area contributed by atoms with E-state index in [1.807, 2.05) is 0 Å². The van der Waals surface area contributed by atoms with Crippen LogP contribution in [0.3, 0.4) is 0 Å². The third-order valence-electron chi connectivity index (χ3n) is 3.52. The number of nitrogens with zero attached hydrogens (tertiary/aromatic N) is 1. The molecule has 0 radical (unpaired) electrons. The minimum absolute atomic E-state index is 0.000933. The van der Waals surface area contributed by atoms with Gasteiger partial charge in [-0.3, -0.25) is 4.79 Å². The van der Waals surface area contributed by atoms with Crippen molar-refractivity contribution in [2.45, 2.75) is 18.9 Å². The molecule has 5 nitrogen and oxygen atoms in total. The number of piperidine rings is 1. The van der Waals surface area contributed by atoms with Gasteiger partial charge < -0.3 is 15.0 Å². The van der Waals surface area contributed by atoms with Crippen molar-refractivity contribution in [1.82, 2.24) is 10.2 Å². The van der Waals surface area contributed by atoms with E-state index in [1.54, 1.807) is 4.90 Å². The van der Waals surface area contributed by atoms with Gasteiger partial charge in [0, 0.05) is 24.7 Å². The van der Waals surface area contributed by atoms with Crippen LogP contribution in [-0.2, 0) is 4.74 Å². The molecule has 1 aliphatic rings. The smallest absolute Gasteiger partial charge is 0.410 e. The maximum absolute atomic E-state index is 12.8. The van der Waals surface area contributed by atoms with Crippen LogP contribution in [0.2, 0.25) is 0 Å². The summed E-state index contributed by atoms with van der Waals surface area (Å²) in [6.45, 7) is 4.75. The van der Waals surface area contributed by atoms with E-state index in [0.29, 0.717) is 31.5 Å². The van der Waals surface area contributed by atoms with E-state index in [9.17, 15) is 14.0 Å². The summed E-state index contributed by atoms with van der Waals surface area (Å²) in [5.41, 5.74) is 0.425. The second-order valence-corrected chi connectivity index (χ2v) is 5.11. The number of ether oxygens (including phenoxy) is 1. The Balaban J connectivity index is 1.79. The number of likely N-dealkylation sites (tertiary alicyclic amines) is 1. The zero-order valence-electron chi connectivity index (χ0n) is 12.3. The normalized spacial score (nSPS) is 15.2. The largest absolute Gasteiger partial charge is 0.445 e. The molecule has 0 saturated carbocycles. The van der Waals surface area contributed by atoms with Crippen LogP contribution in [0.25, 0.3) is 0 Å². The molecular formula is C16H19FN2O3. The third kappa shape index (κ3) is 4.31. The second kappa shape index (κ2) is 7.59. The molecule has 1 aliphatic heterocycles. The van der Waals surface area contributed by atoms with Crippen molar-refractivity contribution < 1.29 is 18.7 Å². The number of hydrogen-bond donors (Lipinski definition) is 1. The lowest BCUT2D eigenvalue weighted by atomic mass is 10.0. The number of carbonyl (C=O) groups is 2. The lowest BCUT2D eigenvalue weighted by Gasteiger charge is -2.31. The monoisotopic (exact) mass is 306 g/mol. The van der Waals surface area contributed by atoms with Crippen molar-refractivity contribution >= 4 is 12.0 Å².